The molecule has 1 aromatic heterocycles. The molecule has 2 aromatic rings. The summed E-state index contributed by atoms with van der Waals surface area (Å²) in [5.41, 5.74) is 4.23. The minimum absolute atomic E-state index is 0. The van der Waals surface area contributed by atoms with Gasteiger partial charge in [-0.2, -0.15) is 0 Å². The van der Waals surface area contributed by atoms with Crippen molar-refractivity contribution in [2.45, 2.75) is 19.3 Å². The van der Waals surface area contributed by atoms with Crippen LogP contribution < -0.4 is 15.7 Å². The summed E-state index contributed by atoms with van der Waals surface area (Å²) in [6, 6.07) is 8.19. The smallest absolute Gasteiger partial charge is 0.267 e. The van der Waals surface area contributed by atoms with Gasteiger partial charge in [-0.15, -0.1) is 24.8 Å². The van der Waals surface area contributed by atoms with Crippen LogP contribution in [0.1, 0.15) is 25.0 Å². The molecule has 3 rings (SSSR count). The Hall–Kier alpha value is -2.35. The lowest BCUT2D eigenvalue weighted by Crippen LogP contribution is -2.29. The van der Waals surface area contributed by atoms with Crippen LogP contribution in [0.5, 0.6) is 0 Å². The van der Waals surface area contributed by atoms with E-state index in [-0.39, 0.29) is 24.8 Å². The summed E-state index contributed by atoms with van der Waals surface area (Å²) in [6.45, 7) is 2.14. The third-order valence-corrected chi connectivity index (χ3v) is 4.05. The molecular weight excluding hydrogens is 389 g/mol. The molecule has 0 radical (unpaired) electrons. The fraction of sp³-hybridized carbons (Fsp3) is 0.278. The van der Waals surface area contributed by atoms with E-state index in [0.29, 0.717) is 11.5 Å². The Kier molecular flexibility index (Phi) is 9.56. The monoisotopic (exact) mass is 411 g/mol. The van der Waals surface area contributed by atoms with Gasteiger partial charge in [0.1, 0.15) is 5.82 Å². The van der Waals surface area contributed by atoms with Crippen LogP contribution in [-0.2, 0) is 4.79 Å². The second-order valence-corrected chi connectivity index (χ2v) is 5.83. The van der Waals surface area contributed by atoms with Crippen LogP contribution in [0, 0.1) is 0 Å². The number of nitrogens with zero attached hydrogens (tertiary/aromatic N) is 3. The van der Waals surface area contributed by atoms with Crippen molar-refractivity contribution in [3.63, 3.8) is 0 Å². The number of hydrogen-bond donors (Lipinski definition) is 3. The lowest BCUT2D eigenvalue weighted by molar-refractivity contribution is -0.124. The summed E-state index contributed by atoms with van der Waals surface area (Å²) >= 11 is 0. The maximum Gasteiger partial charge on any atom is 0.267 e. The first-order valence-electron chi connectivity index (χ1n) is 8.31. The van der Waals surface area contributed by atoms with Gasteiger partial charge in [-0.1, -0.05) is 12.1 Å². The summed E-state index contributed by atoms with van der Waals surface area (Å²) in [6.07, 6.45) is 9.57. The van der Waals surface area contributed by atoms with Gasteiger partial charge in [-0.25, -0.2) is 10.5 Å². The standard InChI is InChI=1S/C18H21N5O2.2ClH/c24-18(22-25)9-8-14-12-20-17(13-19-14)21-15-6-2-3-7-16(15)23-10-4-1-5-11-23;;/h2-3,6-9,12-13,25H,1,4-5,10-11H2,(H,20,21)(H,22,24);2*1H. The number of aromatic nitrogens is 2. The molecule has 146 valence electrons. The number of anilines is 3. The number of halogens is 2. The Morgan fingerprint density at radius 2 is 1.81 bits per heavy atom. The average molecular weight is 412 g/mol. The number of carbonyl (C=O) groups is 1. The molecule has 1 amide bonds. The SMILES string of the molecule is Cl.Cl.O=C(C=Cc1cnc(Nc2ccccc2N2CCCCC2)cn1)NO. The van der Waals surface area contributed by atoms with Crippen molar-refractivity contribution < 1.29 is 10.0 Å². The second kappa shape index (κ2) is 11.4. The highest BCUT2D eigenvalue weighted by Crippen LogP contribution is 2.29. The van der Waals surface area contributed by atoms with Gasteiger partial charge in [0, 0.05) is 19.2 Å². The van der Waals surface area contributed by atoms with Gasteiger partial charge < -0.3 is 10.2 Å². The largest absolute Gasteiger partial charge is 0.370 e. The molecule has 3 N–H and O–H groups in total. The van der Waals surface area contributed by atoms with Crippen LogP contribution in [0.4, 0.5) is 17.2 Å². The Morgan fingerprint density at radius 1 is 1.07 bits per heavy atom. The maximum absolute atomic E-state index is 11.0. The van der Waals surface area contributed by atoms with Crippen LogP contribution in [0.2, 0.25) is 0 Å². The normalized spacial score (nSPS) is 13.4. The molecule has 1 aliphatic heterocycles. The summed E-state index contributed by atoms with van der Waals surface area (Å²) in [5.74, 6) is 0.0210. The van der Waals surface area contributed by atoms with Crippen molar-refractivity contribution >= 4 is 54.0 Å². The molecule has 0 atom stereocenters. The lowest BCUT2D eigenvalue weighted by atomic mass is 10.1. The number of hydroxylamine groups is 1. The fourth-order valence-corrected chi connectivity index (χ4v) is 2.81. The molecule has 2 heterocycles. The van der Waals surface area contributed by atoms with E-state index in [1.807, 2.05) is 18.2 Å². The Balaban J connectivity index is 0.00000182. The van der Waals surface area contributed by atoms with Gasteiger partial charge in [0.15, 0.2) is 0 Å². The van der Waals surface area contributed by atoms with E-state index >= 15 is 0 Å². The van der Waals surface area contributed by atoms with E-state index in [0.717, 1.165) is 18.8 Å². The first-order chi connectivity index (χ1) is 12.3. The summed E-state index contributed by atoms with van der Waals surface area (Å²) in [5, 5.41) is 11.8. The predicted molar refractivity (Wildman–Crippen MR) is 111 cm³/mol. The van der Waals surface area contributed by atoms with Crippen molar-refractivity contribution in [2.75, 3.05) is 23.3 Å². The van der Waals surface area contributed by atoms with E-state index in [9.17, 15) is 4.79 Å². The van der Waals surface area contributed by atoms with Crippen molar-refractivity contribution in [3.8, 4) is 0 Å². The van der Waals surface area contributed by atoms with E-state index in [4.69, 9.17) is 5.21 Å². The minimum Gasteiger partial charge on any atom is -0.370 e. The van der Waals surface area contributed by atoms with Crippen LogP contribution in [-0.4, -0.2) is 34.2 Å². The van der Waals surface area contributed by atoms with Crippen molar-refractivity contribution in [2.24, 2.45) is 0 Å². The van der Waals surface area contributed by atoms with Crippen LogP contribution in [0.15, 0.2) is 42.7 Å². The third-order valence-electron chi connectivity index (χ3n) is 4.05. The summed E-state index contributed by atoms with van der Waals surface area (Å²) < 4.78 is 0. The number of amides is 1. The summed E-state index contributed by atoms with van der Waals surface area (Å²) in [7, 11) is 0. The zero-order chi connectivity index (χ0) is 17.5. The number of piperidine rings is 1. The number of para-hydroxylation sites is 2. The molecule has 0 unspecified atom stereocenters. The molecule has 7 nitrogen and oxygen atoms in total. The quantitative estimate of drug-likeness (QED) is 0.395. The minimum atomic E-state index is -0.612. The maximum atomic E-state index is 11.0. The molecule has 0 bridgehead atoms. The number of benzene rings is 1. The van der Waals surface area contributed by atoms with E-state index in [1.165, 1.54) is 42.6 Å². The fourth-order valence-electron chi connectivity index (χ4n) is 2.81. The van der Waals surface area contributed by atoms with Gasteiger partial charge in [0.2, 0.25) is 0 Å². The molecule has 1 aromatic carbocycles. The average Bonchev–Trinajstić information content (AvgIpc) is 2.68. The highest BCUT2D eigenvalue weighted by atomic mass is 35.5. The molecule has 0 aliphatic carbocycles. The van der Waals surface area contributed by atoms with Crippen molar-refractivity contribution in [3.05, 3.63) is 48.4 Å². The predicted octanol–water partition coefficient (Wildman–Crippen LogP) is 3.57. The zero-order valence-electron chi connectivity index (χ0n) is 14.7. The molecule has 1 fully saturated rings. The van der Waals surface area contributed by atoms with Gasteiger partial charge >= 0.3 is 0 Å². The zero-order valence-corrected chi connectivity index (χ0v) is 16.3. The Morgan fingerprint density at radius 3 is 2.48 bits per heavy atom. The number of carbonyl (C=O) groups excluding carboxylic acids is 1. The van der Waals surface area contributed by atoms with Crippen LogP contribution >= 0.6 is 24.8 Å². The van der Waals surface area contributed by atoms with Crippen LogP contribution in [0.25, 0.3) is 6.08 Å². The first kappa shape index (κ1) is 22.7. The highest BCUT2D eigenvalue weighted by Gasteiger charge is 2.14. The molecule has 1 saturated heterocycles. The van der Waals surface area contributed by atoms with E-state index < -0.39 is 5.91 Å². The molecular formula is C18H23Cl2N5O2. The molecule has 27 heavy (non-hydrogen) atoms. The van der Waals surface area contributed by atoms with Gasteiger partial charge in [0.25, 0.3) is 5.91 Å². The molecule has 0 saturated carbocycles. The van der Waals surface area contributed by atoms with Crippen molar-refractivity contribution in [1.29, 1.82) is 0 Å². The molecule has 1 aliphatic rings. The van der Waals surface area contributed by atoms with Crippen molar-refractivity contribution in [1.82, 2.24) is 15.4 Å². The van der Waals surface area contributed by atoms with Gasteiger partial charge in [-0.05, 0) is 37.5 Å². The van der Waals surface area contributed by atoms with E-state index in [1.54, 1.807) is 12.4 Å². The van der Waals surface area contributed by atoms with Gasteiger partial charge in [-0.3, -0.25) is 15.0 Å². The van der Waals surface area contributed by atoms with E-state index in [2.05, 4.69) is 26.3 Å². The third kappa shape index (κ3) is 6.39. The topological polar surface area (TPSA) is 90.4 Å². The van der Waals surface area contributed by atoms with Gasteiger partial charge in [0.05, 0.1) is 29.5 Å². The Bertz CT molecular complexity index is 750. The lowest BCUT2D eigenvalue weighted by Gasteiger charge is -2.30. The highest BCUT2D eigenvalue weighted by molar-refractivity contribution is 5.90. The molecule has 9 heteroatoms. The number of nitrogens with one attached hydrogen (secondary N) is 2. The first-order valence-corrected chi connectivity index (χ1v) is 8.31. The number of rotatable bonds is 5. The second-order valence-electron chi connectivity index (χ2n) is 5.83. The number of hydrogen-bond acceptors (Lipinski definition) is 6. The molecule has 0 spiro atoms. The van der Waals surface area contributed by atoms with Crippen LogP contribution in [0.3, 0.4) is 0 Å². The Labute approximate surface area is 170 Å². The summed E-state index contributed by atoms with van der Waals surface area (Å²) in [4.78, 5) is 21.9.